The van der Waals surface area contributed by atoms with E-state index in [1.165, 1.54) is 12.0 Å². The van der Waals surface area contributed by atoms with Gasteiger partial charge in [0.1, 0.15) is 12.4 Å². The smallest absolute Gasteiger partial charge is 0.191 e. The second-order valence-corrected chi connectivity index (χ2v) is 7.68. The molecule has 0 aromatic heterocycles. The highest BCUT2D eigenvalue weighted by molar-refractivity contribution is 6.32. The van der Waals surface area contributed by atoms with Gasteiger partial charge in [-0.1, -0.05) is 48.0 Å². The third-order valence-corrected chi connectivity index (χ3v) is 5.75. The first-order valence-electron chi connectivity index (χ1n) is 9.79. The Balaban J connectivity index is 1.34. The van der Waals surface area contributed by atoms with Gasteiger partial charge in [-0.15, -0.1) is 0 Å². The fourth-order valence-electron chi connectivity index (χ4n) is 3.93. The predicted molar refractivity (Wildman–Crippen MR) is 112 cm³/mol. The molecule has 2 N–H and O–H groups in total. The maximum Gasteiger partial charge on any atom is 0.191 e. The Bertz CT molecular complexity index is 842. The van der Waals surface area contributed by atoms with Crippen LogP contribution in [-0.4, -0.2) is 31.3 Å². The normalized spacial score (nSPS) is 23.6. The van der Waals surface area contributed by atoms with Gasteiger partial charge in [-0.2, -0.15) is 0 Å². The summed E-state index contributed by atoms with van der Waals surface area (Å²) in [5.74, 6) is 1.50. The Morgan fingerprint density at radius 1 is 1.14 bits per heavy atom. The zero-order chi connectivity index (χ0) is 19.3. The van der Waals surface area contributed by atoms with Gasteiger partial charge in [-0.25, -0.2) is 0 Å². The molecular weight excluding hydrogens is 374 g/mol. The lowest BCUT2D eigenvalue weighted by molar-refractivity contribution is 0.0992. The van der Waals surface area contributed by atoms with Gasteiger partial charge in [0.15, 0.2) is 5.96 Å². The number of hydrogen-bond donors (Lipinski definition) is 2. The topological polar surface area (TPSA) is 54.9 Å². The molecule has 0 saturated carbocycles. The van der Waals surface area contributed by atoms with Crippen LogP contribution in [0.4, 0.5) is 0 Å². The number of nitrogens with one attached hydrogen (secondary N) is 2. The van der Waals surface area contributed by atoms with Crippen LogP contribution >= 0.6 is 11.6 Å². The maximum atomic E-state index is 6.19. The van der Waals surface area contributed by atoms with Gasteiger partial charge in [-0.3, -0.25) is 4.99 Å². The molecular formula is C22H26ClN3O2. The summed E-state index contributed by atoms with van der Waals surface area (Å²) in [4.78, 5) is 4.38. The number of halogens is 1. The highest BCUT2D eigenvalue weighted by Crippen LogP contribution is 2.34. The molecule has 0 spiro atoms. The molecule has 3 atom stereocenters. The van der Waals surface area contributed by atoms with Gasteiger partial charge < -0.3 is 20.1 Å². The molecule has 28 heavy (non-hydrogen) atoms. The minimum Gasteiger partial charge on any atom is -0.487 e. The quantitative estimate of drug-likeness (QED) is 0.571. The van der Waals surface area contributed by atoms with Gasteiger partial charge in [-0.05, 0) is 42.5 Å². The van der Waals surface area contributed by atoms with Crippen LogP contribution in [0.15, 0.2) is 53.5 Å². The van der Waals surface area contributed by atoms with Crippen LogP contribution < -0.4 is 15.4 Å². The lowest BCUT2D eigenvalue weighted by Gasteiger charge is -2.23. The Morgan fingerprint density at radius 3 is 2.64 bits per heavy atom. The molecule has 2 aromatic rings. The Morgan fingerprint density at radius 2 is 1.93 bits per heavy atom. The number of nitrogens with zero attached hydrogens (tertiary/aromatic N) is 1. The van der Waals surface area contributed by atoms with Crippen LogP contribution in [-0.2, 0) is 17.9 Å². The van der Waals surface area contributed by atoms with Crippen molar-refractivity contribution in [3.63, 3.8) is 0 Å². The SMILES string of the molecule is CN=C(NCc1ccccc1COc1ccccc1Cl)NC1CC2CCC1O2. The zero-order valence-electron chi connectivity index (χ0n) is 16.0. The summed E-state index contributed by atoms with van der Waals surface area (Å²) in [6.45, 7) is 1.14. The van der Waals surface area contributed by atoms with Gasteiger partial charge in [0, 0.05) is 13.6 Å². The van der Waals surface area contributed by atoms with E-state index in [1.807, 2.05) is 36.4 Å². The van der Waals surface area contributed by atoms with Crippen LogP contribution in [0.5, 0.6) is 5.75 Å². The highest BCUT2D eigenvalue weighted by atomic mass is 35.5. The van der Waals surface area contributed by atoms with E-state index in [9.17, 15) is 0 Å². The molecule has 0 aliphatic carbocycles. The van der Waals surface area contributed by atoms with E-state index in [1.54, 1.807) is 7.05 Å². The van der Waals surface area contributed by atoms with Crippen LogP contribution in [0.2, 0.25) is 5.02 Å². The second-order valence-electron chi connectivity index (χ2n) is 7.27. The molecule has 2 aliphatic rings. The van der Waals surface area contributed by atoms with Crippen molar-refractivity contribution in [1.29, 1.82) is 0 Å². The predicted octanol–water partition coefficient (Wildman–Crippen LogP) is 3.90. The summed E-state index contributed by atoms with van der Waals surface area (Å²) in [7, 11) is 1.80. The van der Waals surface area contributed by atoms with E-state index >= 15 is 0 Å². The number of guanidine groups is 1. The summed E-state index contributed by atoms with van der Waals surface area (Å²) in [5.41, 5.74) is 2.29. The standard InChI is InChI=1S/C22H26ClN3O2/c1-24-22(26-19-12-17-10-11-21(19)28-17)25-13-15-6-2-3-7-16(15)14-27-20-9-5-4-8-18(20)23/h2-9,17,19,21H,10-14H2,1H3,(H2,24,25,26). The summed E-state index contributed by atoms with van der Waals surface area (Å²) in [6, 6.07) is 16.1. The number of benzene rings is 2. The summed E-state index contributed by atoms with van der Waals surface area (Å²) in [6.07, 6.45) is 4.13. The van der Waals surface area contributed by atoms with Crippen molar-refractivity contribution in [2.24, 2.45) is 4.99 Å². The van der Waals surface area contributed by atoms with Crippen molar-refractivity contribution in [2.75, 3.05) is 7.05 Å². The monoisotopic (exact) mass is 399 g/mol. The van der Waals surface area contributed by atoms with Crippen molar-refractivity contribution in [1.82, 2.24) is 10.6 Å². The van der Waals surface area contributed by atoms with Gasteiger partial charge >= 0.3 is 0 Å². The number of para-hydroxylation sites is 1. The lowest BCUT2D eigenvalue weighted by Crippen LogP contribution is -2.47. The third kappa shape index (κ3) is 4.42. The van der Waals surface area contributed by atoms with Gasteiger partial charge in [0.25, 0.3) is 0 Å². The molecule has 0 amide bonds. The molecule has 5 nitrogen and oxygen atoms in total. The third-order valence-electron chi connectivity index (χ3n) is 5.44. The largest absolute Gasteiger partial charge is 0.487 e. The maximum absolute atomic E-state index is 6.19. The minimum atomic E-state index is 0.319. The molecule has 4 rings (SSSR count). The first-order chi connectivity index (χ1) is 13.7. The number of aliphatic imine (C=N–C) groups is 1. The fourth-order valence-corrected chi connectivity index (χ4v) is 4.12. The van der Waals surface area contributed by atoms with Crippen molar-refractivity contribution >= 4 is 17.6 Å². The summed E-state index contributed by atoms with van der Waals surface area (Å²) < 4.78 is 11.8. The van der Waals surface area contributed by atoms with Gasteiger partial charge in [0.2, 0.25) is 0 Å². The molecule has 3 unspecified atom stereocenters. The highest BCUT2D eigenvalue weighted by Gasteiger charge is 2.41. The Labute approximate surface area is 171 Å². The molecule has 0 radical (unpaired) electrons. The Kier molecular flexibility index (Phi) is 6.03. The summed E-state index contributed by atoms with van der Waals surface area (Å²) in [5, 5.41) is 7.56. The molecule has 2 fully saturated rings. The second kappa shape index (κ2) is 8.84. The van der Waals surface area contributed by atoms with E-state index in [0.717, 1.165) is 24.4 Å². The minimum absolute atomic E-state index is 0.319. The number of hydrogen-bond acceptors (Lipinski definition) is 3. The van der Waals surface area contributed by atoms with Crippen LogP contribution in [0.25, 0.3) is 0 Å². The van der Waals surface area contributed by atoms with Crippen molar-refractivity contribution in [3.8, 4) is 5.75 Å². The average molecular weight is 400 g/mol. The first-order valence-corrected chi connectivity index (χ1v) is 10.2. The van der Waals surface area contributed by atoms with Crippen LogP contribution in [0, 0.1) is 0 Å². The molecule has 2 aromatic carbocycles. The van der Waals surface area contributed by atoms with Crippen molar-refractivity contribution < 1.29 is 9.47 Å². The van der Waals surface area contributed by atoms with E-state index in [-0.39, 0.29) is 0 Å². The van der Waals surface area contributed by atoms with E-state index in [0.29, 0.717) is 42.2 Å². The van der Waals surface area contributed by atoms with Gasteiger partial charge in [0.05, 0.1) is 23.3 Å². The fraction of sp³-hybridized carbons (Fsp3) is 0.409. The van der Waals surface area contributed by atoms with E-state index < -0.39 is 0 Å². The average Bonchev–Trinajstić information content (AvgIpc) is 3.34. The molecule has 2 bridgehead atoms. The van der Waals surface area contributed by atoms with E-state index in [4.69, 9.17) is 21.1 Å². The lowest BCUT2D eigenvalue weighted by atomic mass is 9.96. The molecule has 6 heteroatoms. The van der Waals surface area contributed by atoms with E-state index in [2.05, 4.69) is 27.8 Å². The molecule has 2 saturated heterocycles. The van der Waals surface area contributed by atoms with Crippen molar-refractivity contribution in [3.05, 3.63) is 64.7 Å². The zero-order valence-corrected chi connectivity index (χ0v) is 16.8. The van der Waals surface area contributed by atoms with Crippen LogP contribution in [0.1, 0.15) is 30.4 Å². The first kappa shape index (κ1) is 19.1. The number of ether oxygens (including phenoxy) is 2. The number of fused-ring (bicyclic) bond motifs is 2. The van der Waals surface area contributed by atoms with Crippen molar-refractivity contribution in [2.45, 2.75) is 50.7 Å². The number of rotatable bonds is 6. The molecule has 2 aliphatic heterocycles. The molecule has 2 heterocycles. The Hall–Kier alpha value is -2.24. The van der Waals surface area contributed by atoms with Crippen LogP contribution in [0.3, 0.4) is 0 Å². The summed E-state index contributed by atoms with van der Waals surface area (Å²) >= 11 is 6.19. The molecule has 148 valence electrons.